The monoisotopic (exact) mass is 363 g/mol. The number of halogens is 1. The molecule has 0 aromatic heterocycles. The van der Waals surface area contributed by atoms with Crippen molar-refractivity contribution in [1.82, 2.24) is 4.72 Å². The molecule has 128 valence electrons. The van der Waals surface area contributed by atoms with E-state index in [1.54, 1.807) is 13.8 Å². The molecule has 0 saturated heterocycles. The van der Waals surface area contributed by atoms with E-state index in [9.17, 15) is 18.0 Å². The maximum atomic E-state index is 12.4. The first-order valence-electron chi connectivity index (χ1n) is 6.71. The van der Waals surface area contributed by atoms with Crippen LogP contribution in [0.4, 0.5) is 0 Å². The number of hydrogen-bond donors (Lipinski definition) is 2. The number of esters is 1. The first-order valence-corrected chi connectivity index (χ1v) is 8.57. The van der Waals surface area contributed by atoms with Crippen LogP contribution in [-0.2, 0) is 19.6 Å². The summed E-state index contributed by atoms with van der Waals surface area (Å²) in [7, 11) is -3.01. The fourth-order valence-electron chi connectivity index (χ4n) is 1.88. The number of benzene rings is 1. The van der Waals surface area contributed by atoms with Gasteiger partial charge in [-0.15, -0.1) is 0 Å². The van der Waals surface area contributed by atoms with E-state index in [1.165, 1.54) is 6.07 Å². The van der Waals surface area contributed by atoms with Gasteiger partial charge in [0, 0.05) is 5.02 Å². The van der Waals surface area contributed by atoms with Crippen molar-refractivity contribution in [2.24, 2.45) is 5.92 Å². The van der Waals surface area contributed by atoms with E-state index < -0.39 is 28.0 Å². The first kappa shape index (κ1) is 19.4. The molecule has 1 atom stereocenters. The Morgan fingerprint density at radius 1 is 1.30 bits per heavy atom. The van der Waals surface area contributed by atoms with Gasteiger partial charge in [-0.1, -0.05) is 25.4 Å². The van der Waals surface area contributed by atoms with Crippen molar-refractivity contribution < 1.29 is 27.9 Å². The Bertz CT molecular complexity index is 701. The summed E-state index contributed by atoms with van der Waals surface area (Å²) in [5.74, 6) is -2.05. The average molecular weight is 364 g/mol. The molecule has 0 aliphatic carbocycles. The molecule has 1 aromatic carbocycles. The van der Waals surface area contributed by atoms with Gasteiger partial charge < -0.3 is 9.84 Å². The number of ether oxygens (including phenoxy) is 1. The molecule has 0 amide bonds. The zero-order valence-electron chi connectivity index (χ0n) is 12.9. The number of sulfonamides is 1. The van der Waals surface area contributed by atoms with E-state index in [0.29, 0.717) is 0 Å². The lowest BCUT2D eigenvalue weighted by Gasteiger charge is -2.17. The minimum absolute atomic E-state index is 0.0176. The number of aliphatic carboxylic acids is 1. The van der Waals surface area contributed by atoms with Gasteiger partial charge in [-0.05, 0) is 30.5 Å². The lowest BCUT2D eigenvalue weighted by atomic mass is 10.1. The van der Waals surface area contributed by atoms with Crippen molar-refractivity contribution in [3.8, 4) is 0 Å². The number of carboxylic acid groups (broad SMARTS) is 1. The second-order valence-electron chi connectivity index (χ2n) is 5.31. The number of carbonyl (C=O) groups is 2. The van der Waals surface area contributed by atoms with Crippen LogP contribution >= 0.6 is 11.6 Å². The molecule has 0 bridgehead atoms. The summed E-state index contributed by atoms with van der Waals surface area (Å²) >= 11 is 5.82. The number of carbonyl (C=O) groups excluding carboxylic acids is 1. The molecular weight excluding hydrogens is 346 g/mol. The lowest BCUT2D eigenvalue weighted by Crippen LogP contribution is -2.41. The van der Waals surface area contributed by atoms with Crippen LogP contribution in [0, 0.1) is 5.92 Å². The Labute approximate surface area is 139 Å². The summed E-state index contributed by atoms with van der Waals surface area (Å²) in [6.45, 7) is 3.55. The number of methoxy groups -OCH3 is 1. The van der Waals surface area contributed by atoms with Gasteiger partial charge in [-0.2, -0.15) is 4.72 Å². The van der Waals surface area contributed by atoms with E-state index in [4.69, 9.17) is 16.7 Å². The Kier molecular flexibility index (Phi) is 6.55. The molecule has 0 heterocycles. The van der Waals surface area contributed by atoms with Crippen LogP contribution in [0.1, 0.15) is 30.6 Å². The van der Waals surface area contributed by atoms with Gasteiger partial charge in [0.1, 0.15) is 6.04 Å². The third-order valence-electron chi connectivity index (χ3n) is 2.91. The molecule has 0 aliphatic rings. The maximum absolute atomic E-state index is 12.4. The second-order valence-corrected chi connectivity index (χ2v) is 7.46. The molecule has 0 radical (unpaired) electrons. The summed E-state index contributed by atoms with van der Waals surface area (Å²) in [6.07, 6.45) is 0.124. The molecule has 7 nitrogen and oxygen atoms in total. The molecule has 9 heteroatoms. The molecule has 0 aliphatic heterocycles. The highest BCUT2D eigenvalue weighted by molar-refractivity contribution is 7.89. The number of hydrogen-bond acceptors (Lipinski definition) is 5. The van der Waals surface area contributed by atoms with E-state index in [1.807, 2.05) is 0 Å². The average Bonchev–Trinajstić information content (AvgIpc) is 2.44. The van der Waals surface area contributed by atoms with Crippen molar-refractivity contribution in [3.63, 3.8) is 0 Å². The van der Waals surface area contributed by atoms with Crippen LogP contribution in [-0.4, -0.2) is 38.6 Å². The Hall–Kier alpha value is -1.64. The van der Waals surface area contributed by atoms with Gasteiger partial charge in [0.05, 0.1) is 17.6 Å². The van der Waals surface area contributed by atoms with Crippen LogP contribution in [0.2, 0.25) is 5.02 Å². The maximum Gasteiger partial charge on any atom is 0.337 e. The predicted molar refractivity (Wildman–Crippen MR) is 84.0 cm³/mol. The standard InChI is InChI=1S/C14H18ClNO6S/c1-8(2)4-12(13(17)18)16-23(20,21)11-6-9(14(19)22-3)5-10(15)7-11/h5-8,12,16H,4H2,1-3H3,(H,17,18)/t12-/m1/s1. The van der Waals surface area contributed by atoms with Crippen molar-refractivity contribution in [2.45, 2.75) is 31.2 Å². The van der Waals surface area contributed by atoms with E-state index in [0.717, 1.165) is 19.2 Å². The summed E-state index contributed by atoms with van der Waals surface area (Å²) in [5, 5.41) is 9.16. The largest absolute Gasteiger partial charge is 0.480 e. The highest BCUT2D eigenvalue weighted by atomic mass is 35.5. The van der Waals surface area contributed by atoms with Gasteiger partial charge in [-0.3, -0.25) is 4.79 Å². The fraction of sp³-hybridized carbons (Fsp3) is 0.429. The van der Waals surface area contributed by atoms with Gasteiger partial charge >= 0.3 is 11.9 Å². The summed E-state index contributed by atoms with van der Waals surface area (Å²) in [5.41, 5.74) is -0.0453. The molecular formula is C14H18ClNO6S. The fourth-order valence-corrected chi connectivity index (χ4v) is 3.45. The van der Waals surface area contributed by atoms with Gasteiger partial charge in [0.15, 0.2) is 0 Å². The number of nitrogens with one attached hydrogen (secondary N) is 1. The molecule has 1 aromatic rings. The van der Waals surface area contributed by atoms with Crippen LogP contribution in [0.25, 0.3) is 0 Å². The molecule has 0 unspecified atom stereocenters. The molecule has 0 spiro atoms. The predicted octanol–water partition coefficient (Wildman–Crippen LogP) is 1.90. The van der Waals surface area contributed by atoms with Crippen molar-refractivity contribution >= 4 is 33.6 Å². The third-order valence-corrected chi connectivity index (χ3v) is 4.57. The molecule has 2 N–H and O–H groups in total. The van der Waals surface area contributed by atoms with Gasteiger partial charge in [-0.25, -0.2) is 13.2 Å². The number of rotatable bonds is 7. The molecule has 0 saturated carbocycles. The van der Waals surface area contributed by atoms with Crippen molar-refractivity contribution in [1.29, 1.82) is 0 Å². The Balaban J connectivity index is 3.19. The smallest absolute Gasteiger partial charge is 0.337 e. The normalized spacial score (nSPS) is 12.9. The van der Waals surface area contributed by atoms with Crippen LogP contribution in [0.15, 0.2) is 23.1 Å². The third kappa shape index (κ3) is 5.49. The van der Waals surface area contributed by atoms with Crippen LogP contribution in [0.5, 0.6) is 0 Å². The van der Waals surface area contributed by atoms with E-state index in [2.05, 4.69) is 9.46 Å². The SMILES string of the molecule is COC(=O)c1cc(Cl)cc(S(=O)(=O)N[C@H](CC(C)C)C(=O)O)c1. The number of carboxylic acids is 1. The zero-order valence-corrected chi connectivity index (χ0v) is 14.4. The van der Waals surface area contributed by atoms with E-state index in [-0.39, 0.29) is 27.8 Å². The van der Waals surface area contributed by atoms with Crippen molar-refractivity contribution in [2.75, 3.05) is 7.11 Å². The second kappa shape index (κ2) is 7.76. The summed E-state index contributed by atoms with van der Waals surface area (Å²) in [4.78, 5) is 22.4. The zero-order chi connectivity index (χ0) is 17.8. The molecule has 23 heavy (non-hydrogen) atoms. The minimum Gasteiger partial charge on any atom is -0.480 e. The molecule has 0 fully saturated rings. The van der Waals surface area contributed by atoms with Crippen molar-refractivity contribution in [3.05, 3.63) is 28.8 Å². The van der Waals surface area contributed by atoms with Crippen LogP contribution in [0.3, 0.4) is 0 Å². The minimum atomic E-state index is -4.16. The summed E-state index contributed by atoms with van der Waals surface area (Å²) in [6, 6.07) is 2.19. The van der Waals surface area contributed by atoms with Gasteiger partial charge in [0.25, 0.3) is 0 Å². The molecule has 1 rings (SSSR count). The topological polar surface area (TPSA) is 110 Å². The highest BCUT2D eigenvalue weighted by Crippen LogP contribution is 2.20. The highest BCUT2D eigenvalue weighted by Gasteiger charge is 2.27. The lowest BCUT2D eigenvalue weighted by molar-refractivity contribution is -0.139. The van der Waals surface area contributed by atoms with Gasteiger partial charge in [0.2, 0.25) is 10.0 Å². The first-order chi connectivity index (χ1) is 10.6. The Morgan fingerprint density at radius 3 is 2.39 bits per heavy atom. The summed E-state index contributed by atoms with van der Waals surface area (Å²) < 4.78 is 31.4. The van der Waals surface area contributed by atoms with E-state index >= 15 is 0 Å². The van der Waals surface area contributed by atoms with Crippen LogP contribution < -0.4 is 4.72 Å². The quantitative estimate of drug-likeness (QED) is 0.716. The Morgan fingerprint density at radius 2 is 1.91 bits per heavy atom.